The van der Waals surface area contributed by atoms with E-state index in [1.54, 1.807) is 13.0 Å². The summed E-state index contributed by atoms with van der Waals surface area (Å²) in [6.07, 6.45) is -4.01. The first-order valence-corrected chi connectivity index (χ1v) is 11.5. The lowest BCUT2D eigenvalue weighted by atomic mass is 10.0. The molecule has 0 radical (unpaired) electrons. The van der Waals surface area contributed by atoms with E-state index in [9.17, 15) is 26.4 Å². The maximum atomic E-state index is 13.0. The Labute approximate surface area is 176 Å². The second-order valence-corrected chi connectivity index (χ2v) is 9.89. The third kappa shape index (κ3) is 4.69. The molecule has 0 spiro atoms. The summed E-state index contributed by atoms with van der Waals surface area (Å²) in [5.41, 5.74) is 0.486. The number of thiophene rings is 1. The minimum atomic E-state index is -4.41. The van der Waals surface area contributed by atoms with Crippen molar-refractivity contribution in [3.63, 3.8) is 0 Å². The Morgan fingerprint density at radius 1 is 1.33 bits per heavy atom. The zero-order valence-electron chi connectivity index (χ0n) is 16.4. The molecule has 0 bridgehead atoms. The topological polar surface area (TPSA) is 75.7 Å². The van der Waals surface area contributed by atoms with Crippen LogP contribution in [0, 0.1) is 0 Å². The summed E-state index contributed by atoms with van der Waals surface area (Å²) in [6, 6.07) is 5.14. The van der Waals surface area contributed by atoms with E-state index in [1.165, 1.54) is 13.2 Å². The molecule has 3 rings (SSSR count). The summed E-state index contributed by atoms with van der Waals surface area (Å²) in [5, 5.41) is 0. The van der Waals surface area contributed by atoms with Crippen molar-refractivity contribution in [1.29, 1.82) is 0 Å². The van der Waals surface area contributed by atoms with Crippen molar-refractivity contribution < 1.29 is 31.1 Å². The molecule has 6 nitrogen and oxygen atoms in total. The molecule has 30 heavy (non-hydrogen) atoms. The highest BCUT2D eigenvalue weighted by Gasteiger charge is 2.34. The molecule has 0 unspecified atom stereocenters. The quantitative estimate of drug-likeness (QED) is 0.666. The predicted molar refractivity (Wildman–Crippen MR) is 106 cm³/mol. The van der Waals surface area contributed by atoms with Gasteiger partial charge >= 0.3 is 12.1 Å². The number of nitrogens with one attached hydrogen (secondary N) is 1. The van der Waals surface area contributed by atoms with Gasteiger partial charge in [0.15, 0.2) is 0 Å². The number of halogens is 3. The molecule has 1 N–H and O–H groups in total. The Kier molecular flexibility index (Phi) is 6.56. The number of sulfonamides is 1. The van der Waals surface area contributed by atoms with Crippen LogP contribution in [0.1, 0.15) is 38.8 Å². The van der Waals surface area contributed by atoms with Crippen LogP contribution < -0.4 is 4.72 Å². The molecule has 0 amide bonds. The molecule has 1 aromatic heterocycles. The van der Waals surface area contributed by atoms with Crippen molar-refractivity contribution in [3.8, 4) is 0 Å². The lowest BCUT2D eigenvalue weighted by Gasteiger charge is -2.27. The standard InChI is InChI=1S/C19H21F3N2O4S2/c1-3-23-30(26,27)18-16(17(25)28-2)14-7-8-24(11-15(14)29-18)10-12-5-4-6-13(9-12)19(20,21)22/h4-6,9,23H,3,7-8,10-11H2,1-2H3. The number of carbonyl (C=O) groups excluding carboxylic acids is 1. The molecule has 11 heteroatoms. The maximum Gasteiger partial charge on any atom is 0.416 e. The van der Waals surface area contributed by atoms with E-state index in [2.05, 4.69) is 4.72 Å². The van der Waals surface area contributed by atoms with Gasteiger partial charge in [0.25, 0.3) is 10.0 Å². The van der Waals surface area contributed by atoms with Gasteiger partial charge in [-0.25, -0.2) is 17.9 Å². The number of esters is 1. The summed E-state index contributed by atoms with van der Waals surface area (Å²) in [5.74, 6) is -0.713. The molecular formula is C19H21F3N2O4S2. The molecule has 0 aliphatic carbocycles. The smallest absolute Gasteiger partial charge is 0.416 e. The van der Waals surface area contributed by atoms with Gasteiger partial charge in [-0.05, 0) is 23.6 Å². The van der Waals surface area contributed by atoms with E-state index in [-0.39, 0.29) is 22.9 Å². The zero-order chi connectivity index (χ0) is 22.1. The second kappa shape index (κ2) is 8.66. The summed E-state index contributed by atoms with van der Waals surface area (Å²) >= 11 is 1.00. The monoisotopic (exact) mass is 462 g/mol. The molecule has 1 aliphatic heterocycles. The average molecular weight is 463 g/mol. The molecule has 2 aromatic rings. The molecule has 0 fully saturated rings. The zero-order valence-corrected chi connectivity index (χ0v) is 18.0. The molecular weight excluding hydrogens is 441 g/mol. The Morgan fingerprint density at radius 3 is 2.70 bits per heavy atom. The van der Waals surface area contributed by atoms with Crippen LogP contribution in [0.3, 0.4) is 0 Å². The largest absolute Gasteiger partial charge is 0.465 e. The number of alkyl halides is 3. The van der Waals surface area contributed by atoms with Crippen LogP contribution in [-0.2, 0) is 40.4 Å². The third-order valence-corrected chi connectivity index (χ3v) is 8.01. The number of fused-ring (bicyclic) bond motifs is 1. The first-order chi connectivity index (χ1) is 14.1. The van der Waals surface area contributed by atoms with Gasteiger partial charge in [-0.2, -0.15) is 13.2 Å². The number of ether oxygens (including phenoxy) is 1. The highest BCUT2D eigenvalue weighted by atomic mass is 32.2. The van der Waals surface area contributed by atoms with Gasteiger partial charge in [0, 0.05) is 31.1 Å². The molecule has 164 valence electrons. The number of benzene rings is 1. The number of hydrogen-bond donors (Lipinski definition) is 1. The van der Waals surface area contributed by atoms with Crippen molar-refractivity contribution in [2.45, 2.75) is 36.8 Å². The molecule has 1 aromatic carbocycles. The lowest BCUT2D eigenvalue weighted by molar-refractivity contribution is -0.137. The average Bonchev–Trinajstić information content (AvgIpc) is 3.06. The minimum Gasteiger partial charge on any atom is -0.465 e. The first kappa shape index (κ1) is 22.7. The van der Waals surface area contributed by atoms with Crippen LogP contribution in [0.2, 0.25) is 0 Å². The van der Waals surface area contributed by atoms with Gasteiger partial charge in [-0.1, -0.05) is 25.1 Å². The fraction of sp³-hybridized carbons (Fsp3) is 0.421. The number of methoxy groups -OCH3 is 1. The fourth-order valence-electron chi connectivity index (χ4n) is 3.42. The highest BCUT2D eigenvalue weighted by Crippen LogP contribution is 2.37. The van der Waals surface area contributed by atoms with Crippen LogP contribution >= 0.6 is 11.3 Å². The fourth-order valence-corrected chi connectivity index (χ4v) is 6.43. The number of rotatable bonds is 6. The summed E-state index contributed by atoms with van der Waals surface area (Å²) in [7, 11) is -2.67. The second-order valence-electron chi connectivity index (χ2n) is 6.82. The minimum absolute atomic E-state index is 0.0529. The SMILES string of the molecule is CCNS(=O)(=O)c1sc2c(c1C(=O)OC)CCN(Cc1cccc(C(F)(F)F)c1)C2. The van der Waals surface area contributed by atoms with E-state index in [0.29, 0.717) is 35.5 Å². The third-order valence-electron chi connectivity index (χ3n) is 4.73. The van der Waals surface area contributed by atoms with Crippen molar-refractivity contribution in [3.05, 3.63) is 51.4 Å². The van der Waals surface area contributed by atoms with Crippen LogP contribution in [0.25, 0.3) is 0 Å². The normalized spacial score (nSPS) is 15.1. The van der Waals surface area contributed by atoms with E-state index in [1.807, 2.05) is 4.90 Å². The van der Waals surface area contributed by atoms with Crippen molar-refractivity contribution in [2.24, 2.45) is 0 Å². The van der Waals surface area contributed by atoms with Gasteiger partial charge < -0.3 is 4.74 Å². The van der Waals surface area contributed by atoms with Crippen LogP contribution in [0.15, 0.2) is 28.5 Å². The van der Waals surface area contributed by atoms with Gasteiger partial charge in [-0.3, -0.25) is 4.90 Å². The van der Waals surface area contributed by atoms with E-state index in [0.717, 1.165) is 23.5 Å². The number of nitrogens with zero attached hydrogens (tertiary/aromatic N) is 1. The Balaban J connectivity index is 1.89. The Bertz CT molecular complexity index is 1050. The van der Waals surface area contributed by atoms with Crippen molar-refractivity contribution in [2.75, 3.05) is 20.2 Å². The first-order valence-electron chi connectivity index (χ1n) is 9.17. The number of hydrogen-bond acceptors (Lipinski definition) is 6. The highest BCUT2D eigenvalue weighted by molar-refractivity contribution is 7.91. The maximum absolute atomic E-state index is 13.0. The summed E-state index contributed by atoms with van der Waals surface area (Å²) < 4.78 is 71.1. The molecule has 2 heterocycles. The van der Waals surface area contributed by atoms with Gasteiger partial charge in [-0.15, -0.1) is 11.3 Å². The predicted octanol–water partition coefficient (Wildman–Crippen LogP) is 3.41. The van der Waals surface area contributed by atoms with Gasteiger partial charge in [0.2, 0.25) is 0 Å². The summed E-state index contributed by atoms with van der Waals surface area (Å²) in [4.78, 5) is 14.9. The summed E-state index contributed by atoms with van der Waals surface area (Å²) in [6.45, 7) is 2.91. The van der Waals surface area contributed by atoms with Crippen molar-refractivity contribution in [1.82, 2.24) is 9.62 Å². The van der Waals surface area contributed by atoms with Crippen molar-refractivity contribution >= 4 is 27.3 Å². The Morgan fingerprint density at radius 2 is 2.07 bits per heavy atom. The van der Waals surface area contributed by atoms with Crippen LogP contribution in [-0.4, -0.2) is 39.5 Å². The molecule has 0 saturated heterocycles. The van der Waals surface area contributed by atoms with Gasteiger partial charge in [0.1, 0.15) is 4.21 Å². The molecule has 0 saturated carbocycles. The van der Waals surface area contributed by atoms with E-state index >= 15 is 0 Å². The van der Waals surface area contributed by atoms with E-state index in [4.69, 9.17) is 4.74 Å². The van der Waals surface area contributed by atoms with Gasteiger partial charge in [0.05, 0.1) is 18.2 Å². The Hall–Kier alpha value is -1.95. The van der Waals surface area contributed by atoms with Crippen LogP contribution in [0.5, 0.6) is 0 Å². The van der Waals surface area contributed by atoms with E-state index < -0.39 is 27.7 Å². The molecule has 1 aliphatic rings. The number of carbonyl (C=O) groups is 1. The molecule has 0 atom stereocenters. The lowest BCUT2D eigenvalue weighted by Crippen LogP contribution is -2.30. The van der Waals surface area contributed by atoms with Crippen LogP contribution in [0.4, 0.5) is 13.2 Å².